The second-order valence-electron chi connectivity index (χ2n) is 5.25. The standard InChI is InChI=1S/C16H10BrN5O7/c17-11-1-2-14(9(3-11)6-18)29-8-15(23)20-19-7-10-4-12(21(25)26)5-13(16(10)24)22(27)28/h1-5,7,24H,8H2,(H,20,23)/b19-7+. The van der Waals surface area contributed by atoms with Gasteiger partial charge in [-0.3, -0.25) is 25.0 Å². The van der Waals surface area contributed by atoms with Crippen molar-refractivity contribution < 1.29 is 24.5 Å². The van der Waals surface area contributed by atoms with Gasteiger partial charge < -0.3 is 9.84 Å². The van der Waals surface area contributed by atoms with Crippen molar-refractivity contribution in [1.29, 1.82) is 5.26 Å². The molecule has 2 rings (SSSR count). The summed E-state index contributed by atoms with van der Waals surface area (Å²) >= 11 is 3.20. The number of nitro groups is 2. The molecule has 29 heavy (non-hydrogen) atoms. The van der Waals surface area contributed by atoms with Gasteiger partial charge in [-0.1, -0.05) is 15.9 Å². The van der Waals surface area contributed by atoms with Crippen LogP contribution in [0.4, 0.5) is 11.4 Å². The summed E-state index contributed by atoms with van der Waals surface area (Å²) in [5.41, 5.74) is 0.381. The first-order valence-electron chi connectivity index (χ1n) is 7.53. The molecule has 0 aliphatic carbocycles. The van der Waals surface area contributed by atoms with E-state index in [1.165, 1.54) is 12.1 Å². The maximum Gasteiger partial charge on any atom is 0.318 e. The van der Waals surface area contributed by atoms with E-state index >= 15 is 0 Å². The van der Waals surface area contributed by atoms with Crippen molar-refractivity contribution in [3.63, 3.8) is 0 Å². The number of hydrazone groups is 1. The molecule has 0 aliphatic heterocycles. The van der Waals surface area contributed by atoms with Gasteiger partial charge >= 0.3 is 5.69 Å². The SMILES string of the molecule is N#Cc1cc(Br)ccc1OCC(=O)N/N=C/c1cc([N+](=O)[O-])cc([N+](=O)[O-])c1O. The highest BCUT2D eigenvalue weighted by atomic mass is 79.9. The Balaban J connectivity index is 2.08. The van der Waals surface area contributed by atoms with Crippen molar-refractivity contribution in [2.24, 2.45) is 5.10 Å². The van der Waals surface area contributed by atoms with Crippen LogP contribution in [0.3, 0.4) is 0 Å². The molecule has 0 fully saturated rings. The molecule has 2 N–H and O–H groups in total. The molecular weight excluding hydrogens is 454 g/mol. The number of carbonyl (C=O) groups excluding carboxylic acids is 1. The van der Waals surface area contributed by atoms with Crippen LogP contribution in [0.25, 0.3) is 0 Å². The fourth-order valence-electron chi connectivity index (χ4n) is 2.03. The fourth-order valence-corrected chi connectivity index (χ4v) is 2.39. The third kappa shape index (κ3) is 5.47. The number of halogens is 1. The zero-order chi connectivity index (χ0) is 21.6. The number of hydrogen-bond acceptors (Lipinski definition) is 9. The Kier molecular flexibility index (Phi) is 6.77. The van der Waals surface area contributed by atoms with E-state index in [4.69, 9.17) is 10.00 Å². The number of ether oxygens (including phenoxy) is 1. The number of hydrogen-bond donors (Lipinski definition) is 2. The first kappa shape index (κ1) is 21.3. The van der Waals surface area contributed by atoms with E-state index in [0.717, 1.165) is 12.3 Å². The Labute approximate surface area is 170 Å². The van der Waals surface area contributed by atoms with Crippen molar-refractivity contribution in [2.45, 2.75) is 0 Å². The van der Waals surface area contributed by atoms with Gasteiger partial charge in [0.15, 0.2) is 6.61 Å². The lowest BCUT2D eigenvalue weighted by atomic mass is 10.1. The molecule has 0 bridgehead atoms. The summed E-state index contributed by atoms with van der Waals surface area (Å²) in [5.74, 6) is -1.42. The van der Waals surface area contributed by atoms with E-state index in [-0.39, 0.29) is 16.9 Å². The number of carbonyl (C=O) groups is 1. The molecule has 2 aromatic carbocycles. The van der Waals surface area contributed by atoms with E-state index < -0.39 is 39.5 Å². The lowest BCUT2D eigenvalue weighted by Gasteiger charge is -2.07. The van der Waals surface area contributed by atoms with Crippen LogP contribution < -0.4 is 10.2 Å². The summed E-state index contributed by atoms with van der Waals surface area (Å²) in [5, 5.41) is 44.1. The molecule has 0 atom stereocenters. The smallest absolute Gasteiger partial charge is 0.318 e. The highest BCUT2D eigenvalue weighted by Crippen LogP contribution is 2.33. The number of nitrogens with zero attached hydrogens (tertiary/aromatic N) is 4. The topological polar surface area (TPSA) is 181 Å². The molecule has 148 valence electrons. The summed E-state index contributed by atoms with van der Waals surface area (Å²) in [7, 11) is 0. The maximum absolute atomic E-state index is 11.8. The minimum absolute atomic E-state index is 0.168. The van der Waals surface area contributed by atoms with Crippen LogP contribution in [0.1, 0.15) is 11.1 Å². The number of nitro benzene ring substituents is 2. The van der Waals surface area contributed by atoms with Crippen molar-refractivity contribution in [1.82, 2.24) is 5.43 Å². The van der Waals surface area contributed by atoms with Gasteiger partial charge in [0.2, 0.25) is 5.75 Å². The normalized spacial score (nSPS) is 10.3. The first-order valence-corrected chi connectivity index (χ1v) is 8.32. The largest absolute Gasteiger partial charge is 0.502 e. The molecule has 2 aromatic rings. The quantitative estimate of drug-likeness (QED) is 0.356. The van der Waals surface area contributed by atoms with E-state index in [9.17, 15) is 30.1 Å². The molecule has 13 heteroatoms. The predicted octanol–water partition coefficient (Wildman–Crippen LogP) is 2.37. The van der Waals surface area contributed by atoms with E-state index in [2.05, 4.69) is 21.0 Å². The number of nitrogens with one attached hydrogen (secondary N) is 1. The molecule has 0 saturated heterocycles. The van der Waals surface area contributed by atoms with E-state index in [1.54, 1.807) is 6.07 Å². The Morgan fingerprint density at radius 1 is 1.31 bits per heavy atom. The summed E-state index contributed by atoms with van der Waals surface area (Å²) < 4.78 is 5.87. The molecule has 0 unspecified atom stereocenters. The van der Waals surface area contributed by atoms with Crippen LogP contribution in [0, 0.1) is 31.6 Å². The average molecular weight is 464 g/mol. The number of rotatable bonds is 7. The van der Waals surface area contributed by atoms with Crippen LogP contribution in [0.5, 0.6) is 11.5 Å². The predicted molar refractivity (Wildman–Crippen MR) is 102 cm³/mol. The van der Waals surface area contributed by atoms with Gasteiger partial charge in [-0.05, 0) is 18.2 Å². The molecule has 0 saturated carbocycles. The summed E-state index contributed by atoms with van der Waals surface area (Å²) in [6.45, 7) is -0.505. The highest BCUT2D eigenvalue weighted by Gasteiger charge is 2.23. The van der Waals surface area contributed by atoms with E-state index in [1.807, 2.05) is 11.5 Å². The number of aromatic hydroxyl groups is 1. The van der Waals surface area contributed by atoms with Gasteiger partial charge in [0.1, 0.15) is 11.8 Å². The lowest BCUT2D eigenvalue weighted by Crippen LogP contribution is -2.24. The first-order chi connectivity index (χ1) is 13.7. The Morgan fingerprint density at radius 3 is 2.66 bits per heavy atom. The average Bonchev–Trinajstić information content (AvgIpc) is 2.67. The number of amides is 1. The molecule has 12 nitrogen and oxygen atoms in total. The maximum atomic E-state index is 11.8. The van der Waals surface area contributed by atoms with Gasteiger partial charge in [-0.2, -0.15) is 10.4 Å². The van der Waals surface area contributed by atoms with Crippen LogP contribution >= 0.6 is 15.9 Å². The van der Waals surface area contributed by atoms with Crippen molar-refractivity contribution in [3.05, 3.63) is 66.2 Å². The summed E-state index contributed by atoms with van der Waals surface area (Å²) in [6, 6.07) is 7.97. The van der Waals surface area contributed by atoms with Gasteiger partial charge in [0.25, 0.3) is 11.6 Å². The number of non-ortho nitro benzene ring substituents is 1. The molecule has 0 aromatic heterocycles. The summed E-state index contributed by atoms with van der Waals surface area (Å²) in [4.78, 5) is 31.7. The molecule has 0 spiro atoms. The zero-order valence-corrected chi connectivity index (χ0v) is 15.8. The number of benzene rings is 2. The van der Waals surface area contributed by atoms with Gasteiger partial charge in [0.05, 0.1) is 33.3 Å². The highest BCUT2D eigenvalue weighted by molar-refractivity contribution is 9.10. The zero-order valence-electron chi connectivity index (χ0n) is 14.2. The van der Waals surface area contributed by atoms with E-state index in [0.29, 0.717) is 10.5 Å². The lowest BCUT2D eigenvalue weighted by molar-refractivity contribution is -0.394. The molecular formula is C16H10BrN5O7. The third-order valence-electron chi connectivity index (χ3n) is 3.33. The fraction of sp³-hybridized carbons (Fsp3) is 0.0625. The number of phenols is 1. The van der Waals surface area contributed by atoms with Crippen LogP contribution in [0.2, 0.25) is 0 Å². The van der Waals surface area contributed by atoms with Crippen molar-refractivity contribution >= 4 is 39.4 Å². The van der Waals surface area contributed by atoms with Crippen LogP contribution in [0.15, 0.2) is 39.9 Å². The van der Waals surface area contributed by atoms with Gasteiger partial charge in [0, 0.05) is 10.5 Å². The van der Waals surface area contributed by atoms with Crippen LogP contribution in [-0.2, 0) is 4.79 Å². The minimum atomic E-state index is -0.989. The summed E-state index contributed by atoms with van der Waals surface area (Å²) in [6.07, 6.45) is 0.813. The Bertz CT molecular complexity index is 1060. The molecule has 0 aliphatic rings. The van der Waals surface area contributed by atoms with Gasteiger partial charge in [-0.25, -0.2) is 5.43 Å². The second kappa shape index (κ2) is 9.24. The van der Waals surface area contributed by atoms with Crippen molar-refractivity contribution in [3.8, 4) is 17.6 Å². The molecule has 0 heterocycles. The number of phenolic OH excluding ortho intramolecular Hbond substituents is 1. The van der Waals surface area contributed by atoms with Crippen molar-refractivity contribution in [2.75, 3.05) is 6.61 Å². The Morgan fingerprint density at radius 2 is 2.03 bits per heavy atom. The molecule has 1 amide bonds. The molecule has 0 radical (unpaired) electrons. The van der Waals surface area contributed by atoms with Crippen LogP contribution in [-0.4, -0.2) is 33.7 Å². The monoisotopic (exact) mass is 463 g/mol. The van der Waals surface area contributed by atoms with Gasteiger partial charge in [-0.15, -0.1) is 0 Å². The second-order valence-corrected chi connectivity index (χ2v) is 6.17. The Hall–Kier alpha value is -4.05. The number of nitriles is 1. The minimum Gasteiger partial charge on any atom is -0.502 e. The third-order valence-corrected chi connectivity index (χ3v) is 3.82.